The Hall–Kier alpha value is -1.59. The third-order valence-electron chi connectivity index (χ3n) is 3.12. The van der Waals surface area contributed by atoms with Gasteiger partial charge in [-0.05, 0) is 42.8 Å². The summed E-state index contributed by atoms with van der Waals surface area (Å²) in [4.78, 5) is 0. The molecule has 0 saturated carbocycles. The topological polar surface area (TPSA) is 44.5 Å². The van der Waals surface area contributed by atoms with Crippen LogP contribution in [-0.2, 0) is 6.61 Å². The molecule has 3 nitrogen and oxygen atoms in total. The van der Waals surface area contributed by atoms with E-state index in [1.54, 1.807) is 19.2 Å². The SMILES string of the molecule is COc1ccc(Br)c(COc2ccc(C(C)N)cc2F)c1. The second kappa shape index (κ2) is 6.91. The number of nitrogens with two attached hydrogens (primary N) is 1. The molecule has 0 heterocycles. The lowest BCUT2D eigenvalue weighted by Gasteiger charge is -2.12. The Morgan fingerprint density at radius 2 is 2.00 bits per heavy atom. The molecule has 0 aliphatic rings. The van der Waals surface area contributed by atoms with Gasteiger partial charge < -0.3 is 15.2 Å². The summed E-state index contributed by atoms with van der Waals surface area (Å²) in [5, 5.41) is 0. The number of ether oxygens (including phenoxy) is 2. The fraction of sp³-hybridized carbons (Fsp3) is 0.250. The highest BCUT2D eigenvalue weighted by molar-refractivity contribution is 9.10. The first-order chi connectivity index (χ1) is 10.0. The van der Waals surface area contributed by atoms with E-state index < -0.39 is 5.82 Å². The maximum absolute atomic E-state index is 13.9. The van der Waals surface area contributed by atoms with E-state index in [2.05, 4.69) is 15.9 Å². The molecule has 0 amide bonds. The van der Waals surface area contributed by atoms with Crippen LogP contribution in [0, 0.1) is 5.82 Å². The smallest absolute Gasteiger partial charge is 0.165 e. The Morgan fingerprint density at radius 1 is 1.24 bits per heavy atom. The molecule has 2 aromatic carbocycles. The summed E-state index contributed by atoms with van der Waals surface area (Å²) in [5.41, 5.74) is 7.34. The van der Waals surface area contributed by atoms with E-state index in [-0.39, 0.29) is 18.4 Å². The van der Waals surface area contributed by atoms with Crippen molar-refractivity contribution in [3.05, 3.63) is 57.8 Å². The highest BCUT2D eigenvalue weighted by atomic mass is 79.9. The minimum Gasteiger partial charge on any atom is -0.497 e. The molecule has 0 fully saturated rings. The Morgan fingerprint density at radius 3 is 2.62 bits per heavy atom. The van der Waals surface area contributed by atoms with Gasteiger partial charge in [-0.15, -0.1) is 0 Å². The molecular formula is C16H17BrFNO2. The summed E-state index contributed by atoms with van der Waals surface area (Å²) in [5.74, 6) is 0.516. The average molecular weight is 354 g/mol. The summed E-state index contributed by atoms with van der Waals surface area (Å²) in [6.45, 7) is 2.05. The lowest BCUT2D eigenvalue weighted by molar-refractivity contribution is 0.288. The van der Waals surface area contributed by atoms with Crippen LogP contribution in [0.15, 0.2) is 40.9 Å². The Balaban J connectivity index is 2.13. The first kappa shape index (κ1) is 15.8. The third-order valence-corrected chi connectivity index (χ3v) is 3.89. The normalized spacial score (nSPS) is 12.0. The van der Waals surface area contributed by atoms with Gasteiger partial charge in [0.05, 0.1) is 7.11 Å². The lowest BCUT2D eigenvalue weighted by atomic mass is 10.1. The predicted octanol–water partition coefficient (Wildman–Crippen LogP) is 4.20. The molecule has 112 valence electrons. The van der Waals surface area contributed by atoms with Gasteiger partial charge in [0.15, 0.2) is 11.6 Å². The molecule has 0 radical (unpaired) electrons. The summed E-state index contributed by atoms with van der Waals surface area (Å²) < 4.78 is 25.5. The van der Waals surface area contributed by atoms with Gasteiger partial charge in [0, 0.05) is 16.1 Å². The standard InChI is InChI=1S/C16H17BrFNO2/c1-10(19)11-3-6-16(15(18)8-11)21-9-12-7-13(20-2)4-5-14(12)17/h3-8,10H,9,19H2,1-2H3. The van der Waals surface area contributed by atoms with Gasteiger partial charge in [-0.2, -0.15) is 0 Å². The lowest BCUT2D eigenvalue weighted by Crippen LogP contribution is -2.06. The van der Waals surface area contributed by atoms with Gasteiger partial charge in [0.1, 0.15) is 12.4 Å². The fourth-order valence-electron chi connectivity index (χ4n) is 1.86. The van der Waals surface area contributed by atoms with Crippen LogP contribution in [0.25, 0.3) is 0 Å². The average Bonchev–Trinajstić information content (AvgIpc) is 2.47. The number of hydrogen-bond donors (Lipinski definition) is 1. The van der Waals surface area contributed by atoms with E-state index >= 15 is 0 Å². The molecule has 0 aromatic heterocycles. The molecule has 2 N–H and O–H groups in total. The molecule has 0 saturated heterocycles. The highest BCUT2D eigenvalue weighted by Crippen LogP contribution is 2.26. The minimum atomic E-state index is -0.413. The maximum Gasteiger partial charge on any atom is 0.165 e. The monoisotopic (exact) mass is 353 g/mol. The van der Waals surface area contributed by atoms with Crippen LogP contribution >= 0.6 is 15.9 Å². The first-order valence-corrected chi connectivity index (χ1v) is 7.31. The van der Waals surface area contributed by atoms with Crippen LogP contribution < -0.4 is 15.2 Å². The summed E-state index contributed by atoms with van der Waals surface area (Å²) in [6, 6.07) is 10.1. The molecule has 0 bridgehead atoms. The van der Waals surface area contributed by atoms with Gasteiger partial charge in [-0.1, -0.05) is 22.0 Å². The van der Waals surface area contributed by atoms with E-state index in [0.29, 0.717) is 0 Å². The number of benzene rings is 2. The molecule has 2 rings (SSSR count). The first-order valence-electron chi connectivity index (χ1n) is 6.51. The number of methoxy groups -OCH3 is 1. The van der Waals surface area contributed by atoms with Crippen molar-refractivity contribution in [2.75, 3.05) is 7.11 Å². The zero-order valence-corrected chi connectivity index (χ0v) is 13.5. The van der Waals surface area contributed by atoms with Crippen molar-refractivity contribution in [1.29, 1.82) is 0 Å². The summed E-state index contributed by atoms with van der Waals surface area (Å²) in [6.07, 6.45) is 0. The Bertz CT molecular complexity index is 632. The minimum absolute atomic E-state index is 0.203. The van der Waals surface area contributed by atoms with E-state index in [4.69, 9.17) is 15.2 Å². The van der Waals surface area contributed by atoms with Crippen LogP contribution in [-0.4, -0.2) is 7.11 Å². The van der Waals surface area contributed by atoms with Crippen molar-refractivity contribution in [2.24, 2.45) is 5.73 Å². The van der Waals surface area contributed by atoms with E-state index in [0.717, 1.165) is 21.3 Å². The predicted molar refractivity (Wildman–Crippen MR) is 84.0 cm³/mol. The van der Waals surface area contributed by atoms with Gasteiger partial charge in [-0.25, -0.2) is 4.39 Å². The van der Waals surface area contributed by atoms with E-state index in [9.17, 15) is 4.39 Å². The van der Waals surface area contributed by atoms with Gasteiger partial charge in [0.25, 0.3) is 0 Å². The summed E-state index contributed by atoms with van der Waals surface area (Å²) in [7, 11) is 1.60. The fourth-order valence-corrected chi connectivity index (χ4v) is 2.22. The quantitative estimate of drug-likeness (QED) is 0.876. The molecule has 5 heteroatoms. The molecule has 0 aliphatic carbocycles. The highest BCUT2D eigenvalue weighted by Gasteiger charge is 2.09. The second-order valence-electron chi connectivity index (χ2n) is 4.72. The van der Waals surface area contributed by atoms with Crippen molar-refractivity contribution in [3.63, 3.8) is 0 Å². The van der Waals surface area contributed by atoms with Gasteiger partial charge in [0.2, 0.25) is 0 Å². The van der Waals surface area contributed by atoms with Crippen molar-refractivity contribution < 1.29 is 13.9 Å². The number of halogens is 2. The van der Waals surface area contributed by atoms with Crippen LogP contribution in [0.4, 0.5) is 4.39 Å². The van der Waals surface area contributed by atoms with Crippen LogP contribution in [0.1, 0.15) is 24.1 Å². The van der Waals surface area contributed by atoms with Crippen molar-refractivity contribution >= 4 is 15.9 Å². The van der Waals surface area contributed by atoms with Crippen molar-refractivity contribution in [1.82, 2.24) is 0 Å². The molecule has 2 aromatic rings. The van der Waals surface area contributed by atoms with Crippen LogP contribution in [0.5, 0.6) is 11.5 Å². The zero-order valence-electron chi connectivity index (χ0n) is 11.9. The van der Waals surface area contributed by atoms with Crippen LogP contribution in [0.3, 0.4) is 0 Å². The molecule has 0 aliphatic heterocycles. The molecule has 21 heavy (non-hydrogen) atoms. The third kappa shape index (κ3) is 3.95. The van der Waals surface area contributed by atoms with Gasteiger partial charge in [-0.3, -0.25) is 0 Å². The van der Waals surface area contributed by atoms with E-state index in [1.807, 2.05) is 25.1 Å². The van der Waals surface area contributed by atoms with Gasteiger partial charge >= 0.3 is 0 Å². The Kier molecular flexibility index (Phi) is 5.20. The van der Waals surface area contributed by atoms with E-state index in [1.165, 1.54) is 6.07 Å². The van der Waals surface area contributed by atoms with Crippen molar-refractivity contribution in [3.8, 4) is 11.5 Å². The molecular weight excluding hydrogens is 337 g/mol. The largest absolute Gasteiger partial charge is 0.497 e. The number of hydrogen-bond acceptors (Lipinski definition) is 3. The zero-order chi connectivity index (χ0) is 15.4. The molecule has 1 atom stereocenters. The second-order valence-corrected chi connectivity index (χ2v) is 5.58. The molecule has 0 spiro atoms. The van der Waals surface area contributed by atoms with Crippen molar-refractivity contribution in [2.45, 2.75) is 19.6 Å². The van der Waals surface area contributed by atoms with Crippen LogP contribution in [0.2, 0.25) is 0 Å². The number of rotatable bonds is 5. The maximum atomic E-state index is 13.9. The molecule has 1 unspecified atom stereocenters. The Labute approximate surface area is 132 Å². The summed E-state index contributed by atoms with van der Waals surface area (Å²) >= 11 is 3.44.